The molecule has 0 aromatic heterocycles. The molecule has 3 aromatic carbocycles. The summed E-state index contributed by atoms with van der Waals surface area (Å²) in [4.78, 5) is 26.7. The lowest BCUT2D eigenvalue weighted by Crippen LogP contribution is -2.30. The number of nitrogens with zero attached hydrogens (tertiary/aromatic N) is 2. The van der Waals surface area contributed by atoms with E-state index in [-0.39, 0.29) is 18.2 Å². The smallest absolute Gasteiger partial charge is 0.245 e. The molecule has 0 aliphatic carbocycles. The zero-order valence-electron chi connectivity index (χ0n) is 19.2. The summed E-state index contributed by atoms with van der Waals surface area (Å²) in [6.07, 6.45) is 2.63. The number of aryl methyl sites for hydroxylation is 1. The predicted molar refractivity (Wildman–Crippen MR) is 139 cm³/mol. The van der Waals surface area contributed by atoms with Gasteiger partial charge in [-0.05, 0) is 53.9 Å². The Morgan fingerprint density at radius 1 is 1.14 bits per heavy atom. The van der Waals surface area contributed by atoms with Crippen molar-refractivity contribution in [3.63, 3.8) is 0 Å². The second kappa shape index (κ2) is 11.4. The molecule has 35 heavy (non-hydrogen) atoms. The molecule has 1 heterocycles. The molecule has 1 aliphatic heterocycles. The molecule has 1 saturated heterocycles. The minimum atomic E-state index is -0.454. The van der Waals surface area contributed by atoms with Crippen LogP contribution in [0.4, 0.5) is 5.69 Å². The van der Waals surface area contributed by atoms with E-state index < -0.39 is 5.92 Å². The number of ether oxygens (including phenoxy) is 1. The van der Waals surface area contributed by atoms with Gasteiger partial charge >= 0.3 is 0 Å². The van der Waals surface area contributed by atoms with Crippen LogP contribution < -0.4 is 15.1 Å². The molecule has 1 N–H and O–H groups in total. The number of benzene rings is 3. The summed E-state index contributed by atoms with van der Waals surface area (Å²) in [6.45, 7) is 2.71. The number of anilines is 1. The number of rotatable bonds is 8. The first kappa shape index (κ1) is 24.8. The van der Waals surface area contributed by atoms with Gasteiger partial charge in [0.1, 0.15) is 12.4 Å². The zero-order chi connectivity index (χ0) is 24.8. The molecule has 0 radical (unpaired) electrons. The summed E-state index contributed by atoms with van der Waals surface area (Å²) in [5.74, 6) is -0.169. The number of nitrogens with one attached hydrogen (secondary N) is 1. The highest BCUT2D eigenvalue weighted by molar-refractivity contribution is 6.35. The van der Waals surface area contributed by atoms with Gasteiger partial charge in [-0.25, -0.2) is 5.43 Å². The molecule has 1 atom stereocenters. The SMILES string of the molecule is CCc1ccc(N2C[C@@H](C(=O)N/N=C/c3cccc(OCc4ccc(Cl)cc4Cl)c3)CC2=O)cc1. The third-order valence-corrected chi connectivity index (χ3v) is 6.39. The van der Waals surface area contributed by atoms with E-state index in [0.717, 1.165) is 23.2 Å². The normalized spacial score (nSPS) is 15.6. The summed E-state index contributed by atoms with van der Waals surface area (Å²) in [7, 11) is 0. The Labute approximate surface area is 214 Å². The Kier molecular flexibility index (Phi) is 8.06. The number of hydrazone groups is 1. The molecule has 2 amide bonds. The van der Waals surface area contributed by atoms with Crippen LogP contribution in [0.3, 0.4) is 0 Å². The Hall–Kier alpha value is -3.35. The lowest BCUT2D eigenvalue weighted by Gasteiger charge is -2.16. The monoisotopic (exact) mass is 509 g/mol. The van der Waals surface area contributed by atoms with Gasteiger partial charge in [0.2, 0.25) is 11.8 Å². The highest BCUT2D eigenvalue weighted by atomic mass is 35.5. The molecule has 0 unspecified atom stereocenters. The van der Waals surface area contributed by atoms with E-state index in [9.17, 15) is 9.59 Å². The largest absolute Gasteiger partial charge is 0.489 e. The van der Waals surface area contributed by atoms with Crippen LogP contribution in [0, 0.1) is 5.92 Å². The van der Waals surface area contributed by atoms with E-state index in [1.165, 1.54) is 11.8 Å². The molecule has 1 fully saturated rings. The maximum absolute atomic E-state index is 12.6. The fraction of sp³-hybridized carbons (Fsp3) is 0.222. The highest BCUT2D eigenvalue weighted by Crippen LogP contribution is 2.26. The summed E-state index contributed by atoms with van der Waals surface area (Å²) in [5.41, 5.74) is 6.14. The molecule has 6 nitrogen and oxygen atoms in total. The van der Waals surface area contributed by atoms with Gasteiger partial charge in [0, 0.05) is 34.3 Å². The van der Waals surface area contributed by atoms with Crippen LogP contribution in [0.2, 0.25) is 10.0 Å². The van der Waals surface area contributed by atoms with E-state index >= 15 is 0 Å². The van der Waals surface area contributed by atoms with Crippen molar-refractivity contribution in [2.45, 2.75) is 26.4 Å². The third kappa shape index (κ3) is 6.41. The van der Waals surface area contributed by atoms with Crippen molar-refractivity contribution in [3.05, 3.63) is 93.5 Å². The molecular weight excluding hydrogens is 485 g/mol. The van der Waals surface area contributed by atoms with Gasteiger partial charge in [0.15, 0.2) is 0 Å². The van der Waals surface area contributed by atoms with Crippen LogP contribution in [0.15, 0.2) is 71.8 Å². The first-order valence-corrected chi connectivity index (χ1v) is 12.1. The van der Waals surface area contributed by atoms with Gasteiger partial charge in [-0.1, -0.05) is 60.5 Å². The fourth-order valence-corrected chi connectivity index (χ4v) is 4.25. The van der Waals surface area contributed by atoms with Gasteiger partial charge in [-0.15, -0.1) is 0 Å². The van der Waals surface area contributed by atoms with Gasteiger partial charge in [-0.2, -0.15) is 5.10 Å². The number of hydrogen-bond acceptors (Lipinski definition) is 4. The molecule has 1 aliphatic rings. The Bertz CT molecular complexity index is 1240. The Balaban J connectivity index is 1.31. The van der Waals surface area contributed by atoms with Crippen LogP contribution in [0.1, 0.15) is 30.0 Å². The molecule has 180 valence electrons. The van der Waals surface area contributed by atoms with E-state index in [1.807, 2.05) is 48.5 Å². The van der Waals surface area contributed by atoms with Crippen LogP contribution in [0.25, 0.3) is 0 Å². The molecule has 3 aromatic rings. The number of halogens is 2. The van der Waals surface area contributed by atoms with Gasteiger partial charge in [0.05, 0.1) is 12.1 Å². The quantitative estimate of drug-likeness (QED) is 0.315. The summed E-state index contributed by atoms with van der Waals surface area (Å²) < 4.78 is 5.82. The lowest BCUT2D eigenvalue weighted by molar-refractivity contribution is -0.126. The Morgan fingerprint density at radius 2 is 1.94 bits per heavy atom. The Morgan fingerprint density at radius 3 is 2.69 bits per heavy atom. The molecule has 0 bridgehead atoms. The van der Waals surface area contributed by atoms with Crippen LogP contribution in [0.5, 0.6) is 5.75 Å². The molecule has 0 saturated carbocycles. The maximum atomic E-state index is 12.6. The van der Waals surface area contributed by atoms with Crippen molar-refractivity contribution in [2.75, 3.05) is 11.4 Å². The second-order valence-corrected chi connectivity index (χ2v) is 9.10. The predicted octanol–water partition coefficient (Wildman–Crippen LogP) is 5.64. The molecule has 0 spiro atoms. The molecular formula is C27H25Cl2N3O3. The van der Waals surface area contributed by atoms with Crippen molar-refractivity contribution < 1.29 is 14.3 Å². The van der Waals surface area contributed by atoms with Gasteiger partial charge in [0.25, 0.3) is 0 Å². The summed E-state index contributed by atoms with van der Waals surface area (Å²) in [6, 6.07) is 20.4. The second-order valence-electron chi connectivity index (χ2n) is 8.26. The minimum absolute atomic E-state index is 0.0657. The van der Waals surface area contributed by atoms with Crippen molar-refractivity contribution in [2.24, 2.45) is 11.0 Å². The maximum Gasteiger partial charge on any atom is 0.245 e. The van der Waals surface area contributed by atoms with Crippen LogP contribution in [-0.2, 0) is 22.6 Å². The fourth-order valence-electron chi connectivity index (χ4n) is 3.79. The van der Waals surface area contributed by atoms with Crippen LogP contribution >= 0.6 is 23.2 Å². The minimum Gasteiger partial charge on any atom is -0.489 e. The van der Waals surface area contributed by atoms with E-state index in [0.29, 0.717) is 28.9 Å². The van der Waals surface area contributed by atoms with E-state index in [4.69, 9.17) is 27.9 Å². The van der Waals surface area contributed by atoms with E-state index in [1.54, 1.807) is 23.1 Å². The summed E-state index contributed by atoms with van der Waals surface area (Å²) in [5, 5.41) is 5.18. The third-order valence-electron chi connectivity index (χ3n) is 5.81. The standard InChI is InChI=1S/C27H25Cl2N3O3/c1-2-18-6-10-23(11-7-18)32-16-21(13-26(32)33)27(34)31-30-15-19-4-3-5-24(12-19)35-17-20-8-9-22(28)14-25(20)29/h3-12,14-15,21H,2,13,16-17H2,1H3,(H,31,34)/b30-15+/t21-/m0/s1. The number of hydrogen-bond donors (Lipinski definition) is 1. The topological polar surface area (TPSA) is 71.0 Å². The van der Waals surface area contributed by atoms with Gasteiger partial charge < -0.3 is 9.64 Å². The molecule has 8 heteroatoms. The van der Waals surface area contributed by atoms with Crippen molar-refractivity contribution >= 4 is 46.9 Å². The van der Waals surface area contributed by atoms with Crippen molar-refractivity contribution in [3.8, 4) is 5.75 Å². The number of carbonyl (C=O) groups is 2. The highest BCUT2D eigenvalue weighted by Gasteiger charge is 2.35. The first-order chi connectivity index (χ1) is 16.9. The van der Waals surface area contributed by atoms with Crippen LogP contribution in [-0.4, -0.2) is 24.6 Å². The first-order valence-electron chi connectivity index (χ1n) is 11.3. The number of amides is 2. The molecule has 4 rings (SSSR count). The summed E-state index contributed by atoms with van der Waals surface area (Å²) >= 11 is 12.1. The average molecular weight is 510 g/mol. The van der Waals surface area contributed by atoms with E-state index in [2.05, 4.69) is 17.5 Å². The average Bonchev–Trinajstić information content (AvgIpc) is 3.25. The van der Waals surface area contributed by atoms with Crippen molar-refractivity contribution in [1.82, 2.24) is 5.43 Å². The van der Waals surface area contributed by atoms with Crippen molar-refractivity contribution in [1.29, 1.82) is 0 Å². The number of carbonyl (C=O) groups excluding carboxylic acids is 2. The zero-order valence-corrected chi connectivity index (χ0v) is 20.7. The lowest BCUT2D eigenvalue weighted by atomic mass is 10.1. The van der Waals surface area contributed by atoms with Gasteiger partial charge in [-0.3, -0.25) is 9.59 Å².